The van der Waals surface area contributed by atoms with Crippen molar-refractivity contribution in [3.05, 3.63) is 90.0 Å². The normalized spacial score (nSPS) is 14.4. The molecule has 0 atom stereocenters. The van der Waals surface area contributed by atoms with Crippen LogP contribution in [0.2, 0.25) is 0 Å². The molecule has 5 heteroatoms. The van der Waals surface area contributed by atoms with Crippen LogP contribution in [0, 0.1) is 5.41 Å². The number of nitrogens with zero attached hydrogens (tertiary/aromatic N) is 1. The van der Waals surface area contributed by atoms with E-state index in [9.17, 15) is 9.59 Å². The van der Waals surface area contributed by atoms with Gasteiger partial charge in [0.05, 0.1) is 5.41 Å². The van der Waals surface area contributed by atoms with Gasteiger partial charge in [-0.3, -0.25) is 4.79 Å². The molecule has 1 fully saturated rings. The molecule has 4 rings (SSSR count). The van der Waals surface area contributed by atoms with Crippen LogP contribution in [0.3, 0.4) is 0 Å². The van der Waals surface area contributed by atoms with Crippen LogP contribution < -0.4 is 10.2 Å². The molecule has 0 aliphatic heterocycles. The number of aliphatic carboxylic acids is 1. The number of hydrogen-bond acceptors (Lipinski definition) is 3. The first kappa shape index (κ1) is 23.3. The molecule has 1 aliphatic rings. The van der Waals surface area contributed by atoms with Crippen LogP contribution in [0.15, 0.2) is 78.9 Å². The number of nitrogens with one attached hydrogen (secondary N) is 1. The smallest absolute Gasteiger partial charge is 0.328 e. The van der Waals surface area contributed by atoms with E-state index in [0.717, 1.165) is 42.0 Å². The average Bonchev–Trinajstić information content (AvgIpc) is 2.80. The predicted molar refractivity (Wildman–Crippen MR) is 138 cm³/mol. The largest absolute Gasteiger partial charge is 0.478 e. The lowest BCUT2D eigenvalue weighted by Gasteiger charge is -2.40. The highest BCUT2D eigenvalue weighted by Crippen LogP contribution is 2.45. The maximum absolute atomic E-state index is 13.2. The fraction of sp³-hybridized carbons (Fsp3) is 0.241. The quantitative estimate of drug-likeness (QED) is 0.418. The van der Waals surface area contributed by atoms with Gasteiger partial charge in [-0.2, -0.15) is 0 Å². The summed E-state index contributed by atoms with van der Waals surface area (Å²) in [6.45, 7) is 0. The van der Waals surface area contributed by atoms with Gasteiger partial charge in [0.2, 0.25) is 5.91 Å². The lowest BCUT2D eigenvalue weighted by molar-refractivity contribution is -0.131. The van der Waals surface area contributed by atoms with Gasteiger partial charge in [0, 0.05) is 31.5 Å². The number of amides is 1. The van der Waals surface area contributed by atoms with Crippen LogP contribution in [0.25, 0.3) is 17.2 Å². The van der Waals surface area contributed by atoms with Crippen molar-refractivity contribution in [2.24, 2.45) is 5.41 Å². The summed E-state index contributed by atoms with van der Waals surface area (Å²) < 4.78 is 0. The molecule has 0 heterocycles. The molecular weight excluding hydrogens is 424 g/mol. The third-order valence-electron chi connectivity index (χ3n) is 6.57. The predicted octanol–water partition coefficient (Wildman–Crippen LogP) is 5.87. The van der Waals surface area contributed by atoms with Crippen molar-refractivity contribution >= 4 is 29.3 Å². The Kier molecular flexibility index (Phi) is 6.82. The molecule has 2 N–H and O–H groups in total. The highest BCUT2D eigenvalue weighted by molar-refractivity contribution is 5.96. The molecule has 3 aromatic rings. The Hall–Kier alpha value is -3.86. The van der Waals surface area contributed by atoms with E-state index >= 15 is 0 Å². The van der Waals surface area contributed by atoms with Crippen molar-refractivity contribution in [1.82, 2.24) is 0 Å². The van der Waals surface area contributed by atoms with Gasteiger partial charge in [-0.05, 0) is 71.9 Å². The second-order valence-corrected chi connectivity index (χ2v) is 9.20. The zero-order valence-corrected chi connectivity index (χ0v) is 19.6. The third-order valence-corrected chi connectivity index (χ3v) is 6.57. The van der Waals surface area contributed by atoms with Gasteiger partial charge in [-0.25, -0.2) is 4.79 Å². The summed E-state index contributed by atoms with van der Waals surface area (Å²) in [5.41, 5.74) is 5.67. The molecule has 0 spiro atoms. The Morgan fingerprint density at radius 2 is 1.62 bits per heavy atom. The summed E-state index contributed by atoms with van der Waals surface area (Å²) in [5.74, 6) is -0.971. The third kappa shape index (κ3) is 5.37. The number of carbonyl (C=O) groups excluding carboxylic acids is 1. The second-order valence-electron chi connectivity index (χ2n) is 9.20. The number of carbonyl (C=O) groups is 2. The molecule has 0 saturated heterocycles. The Morgan fingerprint density at radius 1 is 0.971 bits per heavy atom. The number of anilines is 2. The summed E-state index contributed by atoms with van der Waals surface area (Å²) in [6, 6.07) is 24.2. The van der Waals surface area contributed by atoms with Crippen LogP contribution in [-0.4, -0.2) is 31.1 Å². The fourth-order valence-electron chi connectivity index (χ4n) is 4.40. The molecule has 5 nitrogen and oxygen atoms in total. The minimum absolute atomic E-state index is 0.0291. The van der Waals surface area contributed by atoms with Crippen LogP contribution in [0.1, 0.15) is 30.4 Å². The van der Waals surface area contributed by atoms with Crippen LogP contribution in [0.5, 0.6) is 0 Å². The number of hydrogen-bond donors (Lipinski definition) is 2. The number of carboxylic acids is 1. The monoisotopic (exact) mass is 454 g/mol. The van der Waals surface area contributed by atoms with Crippen molar-refractivity contribution < 1.29 is 14.7 Å². The van der Waals surface area contributed by atoms with E-state index in [1.807, 2.05) is 32.3 Å². The highest BCUT2D eigenvalue weighted by atomic mass is 16.4. The minimum atomic E-state index is -1.00. The Bertz CT molecular complexity index is 1190. The first-order valence-corrected chi connectivity index (χ1v) is 11.5. The number of carboxylic acid groups (broad SMARTS) is 1. The van der Waals surface area contributed by atoms with Crippen molar-refractivity contribution in [3.8, 4) is 11.1 Å². The maximum atomic E-state index is 13.2. The highest BCUT2D eigenvalue weighted by Gasteiger charge is 2.44. The summed E-state index contributed by atoms with van der Waals surface area (Å²) in [5, 5.41) is 11.9. The van der Waals surface area contributed by atoms with E-state index in [1.54, 1.807) is 6.07 Å². The Labute approximate surface area is 200 Å². The molecule has 0 unspecified atom stereocenters. The van der Waals surface area contributed by atoms with Crippen LogP contribution >= 0.6 is 0 Å². The Morgan fingerprint density at radius 3 is 2.18 bits per heavy atom. The SMILES string of the molecule is CN(C)c1ccc(-c2ccc(CC3(C(=O)Nc4cccc(/C=C/C(=O)O)c4)CCC3)cc2)cc1. The van der Waals surface area contributed by atoms with Crippen LogP contribution in [0.4, 0.5) is 11.4 Å². The van der Waals surface area contributed by atoms with E-state index in [-0.39, 0.29) is 5.91 Å². The van der Waals surface area contributed by atoms with E-state index in [0.29, 0.717) is 12.1 Å². The number of benzene rings is 3. The lowest BCUT2D eigenvalue weighted by Crippen LogP contribution is -2.43. The van der Waals surface area contributed by atoms with E-state index in [4.69, 9.17) is 5.11 Å². The standard InChI is InChI=1S/C29H30N2O3/c1-31(2)26-14-12-24(13-15-26)23-10-7-22(8-11-23)20-29(17-4-18-29)28(34)30-25-6-3-5-21(19-25)9-16-27(32)33/h3,5-16,19H,4,17-18,20H2,1-2H3,(H,30,34)(H,32,33)/b16-9+. The zero-order chi connectivity index (χ0) is 24.1. The second kappa shape index (κ2) is 9.96. The van der Waals surface area contributed by atoms with Gasteiger partial charge in [0.1, 0.15) is 0 Å². The molecule has 1 amide bonds. The van der Waals surface area contributed by atoms with Gasteiger partial charge < -0.3 is 15.3 Å². The summed E-state index contributed by atoms with van der Waals surface area (Å²) in [6.07, 6.45) is 6.10. The van der Waals surface area contributed by atoms with Gasteiger partial charge in [-0.15, -0.1) is 0 Å². The molecule has 0 radical (unpaired) electrons. The first-order valence-electron chi connectivity index (χ1n) is 11.5. The molecule has 1 aliphatic carbocycles. The lowest BCUT2D eigenvalue weighted by atomic mass is 9.64. The summed E-state index contributed by atoms with van der Waals surface area (Å²) >= 11 is 0. The van der Waals surface area contributed by atoms with Crippen molar-refractivity contribution in [3.63, 3.8) is 0 Å². The minimum Gasteiger partial charge on any atom is -0.478 e. The summed E-state index contributed by atoms with van der Waals surface area (Å²) in [4.78, 5) is 26.1. The van der Waals surface area contributed by atoms with E-state index < -0.39 is 11.4 Å². The molecule has 174 valence electrons. The van der Waals surface area contributed by atoms with Crippen molar-refractivity contribution in [2.45, 2.75) is 25.7 Å². The average molecular weight is 455 g/mol. The zero-order valence-electron chi connectivity index (χ0n) is 19.6. The van der Waals surface area contributed by atoms with E-state index in [1.165, 1.54) is 17.3 Å². The topological polar surface area (TPSA) is 69.6 Å². The summed E-state index contributed by atoms with van der Waals surface area (Å²) in [7, 11) is 4.06. The molecule has 3 aromatic carbocycles. The van der Waals surface area contributed by atoms with Crippen LogP contribution in [-0.2, 0) is 16.0 Å². The number of rotatable bonds is 8. The van der Waals surface area contributed by atoms with Gasteiger partial charge in [0.15, 0.2) is 0 Å². The molecular formula is C29H30N2O3. The van der Waals surface area contributed by atoms with Gasteiger partial charge >= 0.3 is 5.97 Å². The van der Waals surface area contributed by atoms with Crippen molar-refractivity contribution in [1.29, 1.82) is 0 Å². The molecule has 0 aromatic heterocycles. The van der Waals surface area contributed by atoms with E-state index in [2.05, 4.69) is 58.7 Å². The van der Waals surface area contributed by atoms with Gasteiger partial charge in [-0.1, -0.05) is 55.0 Å². The fourth-order valence-corrected chi connectivity index (χ4v) is 4.40. The molecule has 1 saturated carbocycles. The molecule has 34 heavy (non-hydrogen) atoms. The first-order chi connectivity index (χ1) is 16.3. The van der Waals surface area contributed by atoms with Crippen molar-refractivity contribution in [2.75, 3.05) is 24.3 Å². The maximum Gasteiger partial charge on any atom is 0.328 e. The molecule has 0 bridgehead atoms. The Balaban J connectivity index is 1.44. The van der Waals surface area contributed by atoms with Gasteiger partial charge in [0.25, 0.3) is 0 Å².